The summed E-state index contributed by atoms with van der Waals surface area (Å²) in [6.07, 6.45) is 3.52. The van der Waals surface area contributed by atoms with Gasteiger partial charge in [0.1, 0.15) is 11.9 Å². The molecule has 4 aliphatic carbocycles. The molecule has 42 heavy (non-hydrogen) atoms. The number of thioether (sulfide) groups is 1. The Morgan fingerprint density at radius 3 is 2.26 bits per heavy atom. The summed E-state index contributed by atoms with van der Waals surface area (Å²) in [5, 5.41) is 21.3. The molecule has 1 aromatic rings. The minimum Gasteiger partial charge on any atom is -0.508 e. The summed E-state index contributed by atoms with van der Waals surface area (Å²) in [4.78, 5) is 0. The van der Waals surface area contributed by atoms with E-state index in [0.29, 0.717) is 17.2 Å². The van der Waals surface area contributed by atoms with Gasteiger partial charge < -0.3 is 10.2 Å². The molecule has 9 heteroatoms. The first-order valence-electron chi connectivity index (χ1n) is 16.0. The lowest BCUT2D eigenvalue weighted by Crippen LogP contribution is -2.47. The minimum absolute atomic E-state index is 0.0284. The lowest BCUT2D eigenvalue weighted by molar-refractivity contribution is -0.284. The maximum atomic E-state index is 16.3. The molecule has 3 saturated carbocycles. The van der Waals surface area contributed by atoms with Gasteiger partial charge in [-0.05, 0) is 115 Å². The number of aliphatic hydroxyl groups excluding tert-OH is 1. The first-order chi connectivity index (χ1) is 19.8. The topological polar surface area (TPSA) is 40.5 Å². The Balaban J connectivity index is 1.08. The van der Waals surface area contributed by atoms with Crippen molar-refractivity contribution in [2.24, 2.45) is 28.6 Å². The van der Waals surface area contributed by atoms with Crippen LogP contribution in [0.25, 0.3) is 0 Å². The van der Waals surface area contributed by atoms with Crippen LogP contribution >= 0.6 is 11.8 Å². The second-order valence-electron chi connectivity index (χ2n) is 13.9. The zero-order chi connectivity index (χ0) is 30.3. The number of rotatable bonds is 13. The number of fused-ring (bicyclic) bond motifs is 6. The second kappa shape index (κ2) is 12.4. The average molecular weight is 621 g/mol. The Bertz CT molecular complexity index is 1080. The molecule has 1 spiro atoms. The highest BCUT2D eigenvalue weighted by atomic mass is 32.2. The van der Waals surface area contributed by atoms with E-state index in [-0.39, 0.29) is 46.9 Å². The second-order valence-corrected chi connectivity index (χ2v) is 15.1. The van der Waals surface area contributed by atoms with E-state index in [4.69, 9.17) is 0 Å². The van der Waals surface area contributed by atoms with Crippen LogP contribution in [0, 0.1) is 28.6 Å². The maximum Gasteiger partial charge on any atom is 0.453 e. The first kappa shape index (κ1) is 32.3. The van der Waals surface area contributed by atoms with E-state index in [1.165, 1.54) is 11.8 Å². The molecule has 0 bridgehead atoms. The molecular formula is C33H46F6O2S. The number of phenols is 1. The molecule has 0 amide bonds. The van der Waals surface area contributed by atoms with Crippen LogP contribution < -0.4 is 0 Å². The Morgan fingerprint density at radius 2 is 1.57 bits per heavy atom. The van der Waals surface area contributed by atoms with Crippen LogP contribution in [0.4, 0.5) is 26.3 Å². The highest BCUT2D eigenvalue weighted by Gasteiger charge is 2.71. The summed E-state index contributed by atoms with van der Waals surface area (Å²) < 4.78 is 78.9. The molecule has 0 saturated heterocycles. The molecule has 0 heterocycles. The monoisotopic (exact) mass is 620 g/mol. The molecule has 1 aromatic carbocycles. The number of alkyl halides is 6. The Hall–Kier alpha value is -1.09. The number of hydrogen-bond donors (Lipinski definition) is 2. The van der Waals surface area contributed by atoms with Crippen molar-refractivity contribution in [2.75, 3.05) is 11.5 Å². The van der Waals surface area contributed by atoms with Crippen molar-refractivity contribution >= 4 is 11.8 Å². The molecule has 4 aliphatic rings. The lowest BCUT2D eigenvalue weighted by atomic mass is 9.50. The molecule has 2 N–H and O–H groups in total. The normalized spacial score (nSPS) is 33.3. The van der Waals surface area contributed by atoms with Crippen LogP contribution in [0.15, 0.2) is 18.2 Å². The molecule has 0 radical (unpaired) electrons. The standard InChI is InChI=1S/C33H46F6O2S/c1-30-14-12-23-22-11-10-21(40)19-25(22)29(34)24(28(23)26(30)20-27(41)31(30)15-16-31)9-6-4-2-3-5-7-17-42-18-8-13-32(35,36)33(37,38)39/h10-11,19,23-24,26-29,40-41H,2-9,12-18,20H2,1H3/t23?,24-,26?,27+,28?,29+,30-/m0/s1. The molecule has 2 nitrogen and oxygen atoms in total. The van der Waals surface area contributed by atoms with Gasteiger partial charge in [0.2, 0.25) is 0 Å². The van der Waals surface area contributed by atoms with Gasteiger partial charge in [-0.15, -0.1) is 0 Å². The predicted octanol–water partition coefficient (Wildman–Crippen LogP) is 10.1. The Morgan fingerprint density at radius 1 is 0.905 bits per heavy atom. The average Bonchev–Trinajstić information content (AvgIpc) is 3.71. The van der Waals surface area contributed by atoms with Crippen molar-refractivity contribution in [1.82, 2.24) is 0 Å². The van der Waals surface area contributed by atoms with Gasteiger partial charge in [-0.1, -0.05) is 45.1 Å². The molecule has 238 valence electrons. The van der Waals surface area contributed by atoms with Gasteiger partial charge in [0.15, 0.2) is 0 Å². The third-order valence-corrected chi connectivity index (χ3v) is 12.8. The number of benzene rings is 1. The Kier molecular flexibility index (Phi) is 9.51. The van der Waals surface area contributed by atoms with E-state index in [1.807, 2.05) is 6.07 Å². The predicted molar refractivity (Wildman–Crippen MR) is 155 cm³/mol. The fourth-order valence-corrected chi connectivity index (χ4v) is 10.2. The van der Waals surface area contributed by atoms with Crippen molar-refractivity contribution in [1.29, 1.82) is 0 Å². The van der Waals surface area contributed by atoms with Gasteiger partial charge in [-0.3, -0.25) is 0 Å². The van der Waals surface area contributed by atoms with Crippen LogP contribution in [-0.4, -0.2) is 39.9 Å². The van der Waals surface area contributed by atoms with Gasteiger partial charge in [0.25, 0.3) is 0 Å². The minimum atomic E-state index is -5.47. The first-order valence-corrected chi connectivity index (χ1v) is 17.2. The summed E-state index contributed by atoms with van der Waals surface area (Å²) in [6.45, 7) is 2.36. The van der Waals surface area contributed by atoms with Gasteiger partial charge in [0, 0.05) is 11.8 Å². The van der Waals surface area contributed by atoms with Crippen LogP contribution in [0.1, 0.15) is 120 Å². The van der Waals surface area contributed by atoms with E-state index in [2.05, 4.69) is 6.92 Å². The lowest BCUT2D eigenvalue weighted by Gasteiger charge is -2.54. The fraction of sp³-hybridized carbons (Fsp3) is 0.818. The van der Waals surface area contributed by atoms with Crippen molar-refractivity contribution in [2.45, 2.75) is 127 Å². The van der Waals surface area contributed by atoms with Crippen molar-refractivity contribution in [3.8, 4) is 5.75 Å². The summed E-state index contributed by atoms with van der Waals surface area (Å²) in [6, 6.07) is 5.25. The highest BCUT2D eigenvalue weighted by molar-refractivity contribution is 7.99. The number of halogens is 6. The third-order valence-electron chi connectivity index (χ3n) is 11.7. The van der Waals surface area contributed by atoms with E-state index < -0.39 is 24.7 Å². The molecular weight excluding hydrogens is 574 g/mol. The smallest absolute Gasteiger partial charge is 0.453 e. The molecule has 7 atom stereocenters. The molecule has 5 rings (SSSR count). The number of unbranched alkanes of at least 4 members (excludes halogenated alkanes) is 5. The molecule has 0 aliphatic heterocycles. The summed E-state index contributed by atoms with van der Waals surface area (Å²) in [7, 11) is 0. The number of hydrogen-bond acceptors (Lipinski definition) is 3. The van der Waals surface area contributed by atoms with E-state index >= 15 is 4.39 Å². The van der Waals surface area contributed by atoms with Crippen LogP contribution in [0.5, 0.6) is 5.75 Å². The SMILES string of the molecule is C[C@]12CCC3c4ccc(O)cc4[C@H](F)[C@@H](CCCCCCCCSCCCC(F)(F)C(F)(F)F)C3C1C[C@@H](O)C21CC1. The number of aromatic hydroxyl groups is 1. The van der Waals surface area contributed by atoms with Crippen molar-refractivity contribution in [3.05, 3.63) is 29.3 Å². The van der Waals surface area contributed by atoms with Crippen LogP contribution in [0.3, 0.4) is 0 Å². The van der Waals surface area contributed by atoms with Gasteiger partial charge in [-0.25, -0.2) is 4.39 Å². The van der Waals surface area contributed by atoms with E-state index in [1.54, 1.807) is 12.1 Å². The highest BCUT2D eigenvalue weighted by Crippen LogP contribution is 2.77. The number of phenolic OH excluding ortho intramolecular Hbond substituents is 1. The summed E-state index contributed by atoms with van der Waals surface area (Å²) >= 11 is 1.43. The molecule has 3 fully saturated rings. The quantitative estimate of drug-likeness (QED) is 0.170. The van der Waals surface area contributed by atoms with Crippen LogP contribution in [0.2, 0.25) is 0 Å². The number of aliphatic hydroxyl groups is 1. The zero-order valence-electron chi connectivity index (χ0n) is 24.6. The molecule has 0 aromatic heterocycles. The fourth-order valence-electron chi connectivity index (χ4n) is 9.25. The van der Waals surface area contributed by atoms with Gasteiger partial charge in [-0.2, -0.15) is 33.7 Å². The third kappa shape index (κ3) is 5.95. The van der Waals surface area contributed by atoms with Gasteiger partial charge in [0.05, 0.1) is 6.10 Å². The van der Waals surface area contributed by atoms with Crippen molar-refractivity contribution < 1.29 is 36.6 Å². The largest absolute Gasteiger partial charge is 0.508 e. The van der Waals surface area contributed by atoms with Gasteiger partial charge >= 0.3 is 12.1 Å². The van der Waals surface area contributed by atoms with E-state index in [0.717, 1.165) is 88.4 Å². The summed E-state index contributed by atoms with van der Waals surface area (Å²) in [5.74, 6) is -2.75. The van der Waals surface area contributed by atoms with Crippen molar-refractivity contribution in [3.63, 3.8) is 0 Å². The Labute approximate surface area is 250 Å². The maximum absolute atomic E-state index is 16.3. The molecule has 3 unspecified atom stereocenters. The van der Waals surface area contributed by atoms with E-state index in [9.17, 15) is 32.2 Å². The summed E-state index contributed by atoms with van der Waals surface area (Å²) in [5.41, 5.74) is 1.81. The zero-order valence-corrected chi connectivity index (χ0v) is 25.4. The van der Waals surface area contributed by atoms with Crippen LogP contribution in [-0.2, 0) is 0 Å².